The molecule has 0 aromatic heterocycles. The second-order valence-corrected chi connectivity index (χ2v) is 4.22. The minimum atomic E-state index is -0.702. The minimum Gasteiger partial charge on any atom is -0.494 e. The molecule has 16 heavy (non-hydrogen) atoms. The van der Waals surface area contributed by atoms with E-state index in [1.165, 1.54) is 0 Å². The summed E-state index contributed by atoms with van der Waals surface area (Å²) in [5.74, 6) is -0.102. The summed E-state index contributed by atoms with van der Waals surface area (Å²) < 4.78 is 5.53. The molecule has 1 N–H and O–H groups in total. The Morgan fingerprint density at radius 1 is 1.44 bits per heavy atom. The third-order valence-electron chi connectivity index (χ3n) is 2.93. The van der Waals surface area contributed by atoms with Gasteiger partial charge in [-0.05, 0) is 42.5 Å². The smallest absolute Gasteiger partial charge is 0.307 e. The van der Waals surface area contributed by atoms with Gasteiger partial charge in [-0.15, -0.1) is 0 Å². The third kappa shape index (κ3) is 2.18. The van der Waals surface area contributed by atoms with Crippen molar-refractivity contribution in [3.05, 3.63) is 29.3 Å². The molecule has 1 aliphatic rings. The van der Waals surface area contributed by atoms with Crippen LogP contribution >= 0.6 is 0 Å². The van der Waals surface area contributed by atoms with Gasteiger partial charge in [0.15, 0.2) is 0 Å². The Labute approximate surface area is 95.0 Å². The largest absolute Gasteiger partial charge is 0.494 e. The fourth-order valence-electron chi connectivity index (χ4n) is 2.08. The first-order valence-corrected chi connectivity index (χ1v) is 5.68. The molecule has 0 amide bonds. The van der Waals surface area contributed by atoms with Gasteiger partial charge in [0, 0.05) is 0 Å². The van der Waals surface area contributed by atoms with Gasteiger partial charge in [0.25, 0.3) is 0 Å². The fraction of sp³-hybridized carbons (Fsp3) is 0.462. The minimum absolute atomic E-state index is 0.253. The molecule has 1 aromatic rings. The van der Waals surface area contributed by atoms with Crippen molar-refractivity contribution in [1.29, 1.82) is 0 Å². The predicted molar refractivity (Wildman–Crippen MR) is 60.8 cm³/mol. The molecule has 0 heterocycles. The van der Waals surface area contributed by atoms with Crippen molar-refractivity contribution < 1.29 is 14.6 Å². The molecule has 0 saturated carbocycles. The highest BCUT2D eigenvalue weighted by atomic mass is 16.5. The van der Waals surface area contributed by atoms with Crippen LogP contribution in [0.3, 0.4) is 0 Å². The summed E-state index contributed by atoms with van der Waals surface area (Å²) in [6, 6.07) is 5.90. The zero-order valence-corrected chi connectivity index (χ0v) is 9.40. The van der Waals surface area contributed by atoms with Crippen molar-refractivity contribution in [2.45, 2.75) is 26.2 Å². The average Bonchev–Trinajstić information content (AvgIpc) is 2.69. The zero-order chi connectivity index (χ0) is 11.5. The van der Waals surface area contributed by atoms with Crippen molar-refractivity contribution >= 4 is 5.97 Å². The van der Waals surface area contributed by atoms with E-state index in [4.69, 9.17) is 9.84 Å². The fourth-order valence-corrected chi connectivity index (χ4v) is 2.08. The van der Waals surface area contributed by atoms with Gasteiger partial charge < -0.3 is 9.84 Å². The van der Waals surface area contributed by atoms with Gasteiger partial charge in [-0.3, -0.25) is 4.79 Å². The van der Waals surface area contributed by atoms with Gasteiger partial charge in [0.05, 0.1) is 12.5 Å². The molecular formula is C13H16O3. The lowest BCUT2D eigenvalue weighted by Crippen LogP contribution is -2.12. The summed E-state index contributed by atoms with van der Waals surface area (Å²) in [4.78, 5) is 10.9. The lowest BCUT2D eigenvalue weighted by atomic mass is 10.1. The summed E-state index contributed by atoms with van der Waals surface area (Å²) >= 11 is 0. The molecule has 3 nitrogen and oxygen atoms in total. The van der Waals surface area contributed by atoms with Crippen LogP contribution in [0.4, 0.5) is 0 Å². The van der Waals surface area contributed by atoms with E-state index in [0.29, 0.717) is 19.4 Å². The van der Waals surface area contributed by atoms with Crippen LogP contribution in [-0.2, 0) is 17.6 Å². The number of carboxylic acid groups (broad SMARTS) is 1. The van der Waals surface area contributed by atoms with Gasteiger partial charge >= 0.3 is 5.97 Å². The van der Waals surface area contributed by atoms with Gasteiger partial charge in [-0.25, -0.2) is 0 Å². The van der Waals surface area contributed by atoms with E-state index in [1.807, 2.05) is 18.2 Å². The maximum absolute atomic E-state index is 10.9. The normalized spacial score (nSPS) is 18.2. The standard InChI is InChI=1S/C13H16O3/c1-2-5-16-12-4-3-9-6-11(13(14)15)7-10(9)8-12/h3-4,8,11H,2,5-7H2,1H3,(H,14,15). The Morgan fingerprint density at radius 2 is 2.19 bits per heavy atom. The van der Waals surface area contributed by atoms with Crippen molar-refractivity contribution in [3.8, 4) is 5.75 Å². The second-order valence-electron chi connectivity index (χ2n) is 4.22. The Hall–Kier alpha value is -1.51. The van der Waals surface area contributed by atoms with E-state index in [2.05, 4.69) is 6.92 Å². The Balaban J connectivity index is 2.11. The molecule has 1 unspecified atom stereocenters. The van der Waals surface area contributed by atoms with E-state index in [0.717, 1.165) is 23.3 Å². The summed E-state index contributed by atoms with van der Waals surface area (Å²) in [6.07, 6.45) is 2.27. The number of fused-ring (bicyclic) bond motifs is 1. The van der Waals surface area contributed by atoms with Crippen molar-refractivity contribution in [1.82, 2.24) is 0 Å². The highest BCUT2D eigenvalue weighted by molar-refractivity contribution is 5.72. The lowest BCUT2D eigenvalue weighted by Gasteiger charge is -2.06. The van der Waals surface area contributed by atoms with Crippen LogP contribution in [0.25, 0.3) is 0 Å². The highest BCUT2D eigenvalue weighted by Crippen LogP contribution is 2.30. The van der Waals surface area contributed by atoms with Gasteiger partial charge in [0.2, 0.25) is 0 Å². The molecule has 0 bridgehead atoms. The number of carbonyl (C=O) groups is 1. The summed E-state index contributed by atoms with van der Waals surface area (Å²) in [7, 11) is 0. The average molecular weight is 220 g/mol. The first-order chi connectivity index (χ1) is 7.70. The van der Waals surface area contributed by atoms with Crippen LogP contribution in [0.5, 0.6) is 5.75 Å². The number of carboxylic acids is 1. The second kappa shape index (κ2) is 4.56. The number of ether oxygens (including phenoxy) is 1. The van der Waals surface area contributed by atoms with E-state index < -0.39 is 5.97 Å². The van der Waals surface area contributed by atoms with Crippen LogP contribution in [0, 0.1) is 5.92 Å². The zero-order valence-electron chi connectivity index (χ0n) is 9.40. The Bertz CT molecular complexity index is 398. The van der Waals surface area contributed by atoms with Crippen LogP contribution < -0.4 is 4.74 Å². The van der Waals surface area contributed by atoms with Gasteiger partial charge in [-0.2, -0.15) is 0 Å². The van der Waals surface area contributed by atoms with Crippen LogP contribution in [-0.4, -0.2) is 17.7 Å². The molecule has 86 valence electrons. The van der Waals surface area contributed by atoms with Gasteiger partial charge in [-0.1, -0.05) is 13.0 Å². The van der Waals surface area contributed by atoms with Gasteiger partial charge in [0.1, 0.15) is 5.75 Å². The summed E-state index contributed by atoms with van der Waals surface area (Å²) in [5, 5.41) is 8.96. The number of aliphatic carboxylic acids is 1. The SMILES string of the molecule is CCCOc1ccc2c(c1)CC(C(=O)O)C2. The van der Waals surface area contributed by atoms with E-state index in [1.54, 1.807) is 0 Å². The molecule has 0 aliphatic heterocycles. The first-order valence-electron chi connectivity index (χ1n) is 5.68. The van der Waals surface area contributed by atoms with Crippen LogP contribution in [0.15, 0.2) is 18.2 Å². The maximum Gasteiger partial charge on any atom is 0.307 e. The van der Waals surface area contributed by atoms with E-state index in [-0.39, 0.29) is 5.92 Å². The van der Waals surface area contributed by atoms with E-state index >= 15 is 0 Å². The van der Waals surface area contributed by atoms with Crippen molar-refractivity contribution in [2.75, 3.05) is 6.61 Å². The molecule has 3 heteroatoms. The predicted octanol–water partition coefficient (Wildman–Crippen LogP) is 2.27. The number of hydrogen-bond acceptors (Lipinski definition) is 2. The molecule has 0 radical (unpaired) electrons. The molecule has 2 rings (SSSR count). The van der Waals surface area contributed by atoms with Crippen molar-refractivity contribution in [2.24, 2.45) is 5.92 Å². The molecule has 1 aliphatic carbocycles. The maximum atomic E-state index is 10.9. The summed E-state index contributed by atoms with van der Waals surface area (Å²) in [5.41, 5.74) is 2.28. The first kappa shape index (κ1) is 11.0. The Morgan fingerprint density at radius 3 is 2.88 bits per heavy atom. The Kier molecular flexibility index (Phi) is 3.13. The molecular weight excluding hydrogens is 204 g/mol. The molecule has 0 fully saturated rings. The number of benzene rings is 1. The number of rotatable bonds is 4. The quantitative estimate of drug-likeness (QED) is 0.846. The number of hydrogen-bond donors (Lipinski definition) is 1. The van der Waals surface area contributed by atoms with Crippen molar-refractivity contribution in [3.63, 3.8) is 0 Å². The van der Waals surface area contributed by atoms with E-state index in [9.17, 15) is 4.79 Å². The molecule has 0 spiro atoms. The lowest BCUT2D eigenvalue weighted by molar-refractivity contribution is -0.141. The van der Waals surface area contributed by atoms with Crippen LogP contribution in [0.1, 0.15) is 24.5 Å². The molecule has 0 saturated heterocycles. The monoisotopic (exact) mass is 220 g/mol. The topological polar surface area (TPSA) is 46.5 Å². The summed E-state index contributed by atoms with van der Waals surface area (Å²) in [6.45, 7) is 2.77. The molecule has 1 aromatic carbocycles. The molecule has 1 atom stereocenters. The third-order valence-corrected chi connectivity index (χ3v) is 2.93. The van der Waals surface area contributed by atoms with Crippen LogP contribution in [0.2, 0.25) is 0 Å². The highest BCUT2D eigenvalue weighted by Gasteiger charge is 2.27.